The lowest BCUT2D eigenvalue weighted by Crippen LogP contribution is -2.52. The van der Waals surface area contributed by atoms with E-state index >= 15 is 0 Å². The number of unbranched alkanes of at least 4 members (excludes halogenated alkanes) is 9. The second-order valence-corrected chi connectivity index (χ2v) is 6.77. The first-order chi connectivity index (χ1) is 10.3. The molecule has 1 aliphatic heterocycles. The minimum atomic E-state index is -0.362. The van der Waals surface area contributed by atoms with E-state index in [1.807, 2.05) is 0 Å². The highest BCUT2D eigenvalue weighted by Crippen LogP contribution is 2.18. The first-order valence-electron chi connectivity index (χ1n) is 9.33. The molecular weight excluding hydrogens is 262 g/mol. The Morgan fingerprint density at radius 3 is 2.00 bits per heavy atom. The lowest BCUT2D eigenvalue weighted by Gasteiger charge is -2.34. The van der Waals surface area contributed by atoms with Crippen molar-refractivity contribution in [1.82, 2.24) is 5.32 Å². The van der Waals surface area contributed by atoms with Gasteiger partial charge in [-0.3, -0.25) is 0 Å². The number of aliphatic hydroxyl groups is 2. The Hall–Kier alpha value is -0.120. The maximum absolute atomic E-state index is 9.71. The van der Waals surface area contributed by atoms with E-state index in [-0.39, 0.29) is 18.8 Å². The highest BCUT2D eigenvalue weighted by molar-refractivity contribution is 4.86. The molecule has 3 heteroatoms. The zero-order valence-corrected chi connectivity index (χ0v) is 14.0. The maximum Gasteiger partial charge on any atom is 0.0716 e. The van der Waals surface area contributed by atoms with E-state index in [1.54, 1.807) is 0 Å². The van der Waals surface area contributed by atoms with Crippen LogP contribution in [0.3, 0.4) is 0 Å². The van der Waals surface area contributed by atoms with Crippen molar-refractivity contribution in [3.05, 3.63) is 0 Å². The molecule has 1 heterocycles. The van der Waals surface area contributed by atoms with Gasteiger partial charge in [-0.1, -0.05) is 71.1 Å². The summed E-state index contributed by atoms with van der Waals surface area (Å²) in [6, 6.07) is 0.395. The predicted octanol–water partition coefficient (Wildman–Crippen LogP) is 3.77. The van der Waals surface area contributed by atoms with Gasteiger partial charge < -0.3 is 15.5 Å². The number of rotatable bonds is 12. The van der Waals surface area contributed by atoms with Gasteiger partial charge in [0.1, 0.15) is 0 Å². The highest BCUT2D eigenvalue weighted by Gasteiger charge is 2.27. The summed E-state index contributed by atoms with van der Waals surface area (Å²) in [7, 11) is 0. The molecule has 0 radical (unpaired) electrons. The highest BCUT2D eigenvalue weighted by atomic mass is 16.3. The number of piperidine rings is 1. The van der Waals surface area contributed by atoms with Crippen LogP contribution in [-0.2, 0) is 0 Å². The van der Waals surface area contributed by atoms with E-state index in [2.05, 4.69) is 12.2 Å². The Kier molecular flexibility index (Phi) is 11.2. The zero-order valence-electron chi connectivity index (χ0n) is 14.0. The predicted molar refractivity (Wildman–Crippen MR) is 89.5 cm³/mol. The third-order valence-electron chi connectivity index (χ3n) is 4.83. The molecule has 126 valence electrons. The monoisotopic (exact) mass is 299 g/mol. The minimum absolute atomic E-state index is 0.0513. The Morgan fingerprint density at radius 2 is 1.43 bits per heavy atom. The second kappa shape index (κ2) is 12.4. The van der Waals surface area contributed by atoms with Crippen LogP contribution in [0.2, 0.25) is 0 Å². The Bertz CT molecular complexity index is 235. The molecule has 0 aliphatic carbocycles. The lowest BCUT2D eigenvalue weighted by atomic mass is 9.93. The van der Waals surface area contributed by atoms with Crippen LogP contribution in [0.1, 0.15) is 90.4 Å². The Balaban J connectivity index is 1.88. The van der Waals surface area contributed by atoms with E-state index in [9.17, 15) is 10.2 Å². The first kappa shape index (κ1) is 18.9. The van der Waals surface area contributed by atoms with E-state index in [0.29, 0.717) is 6.04 Å². The molecule has 1 rings (SSSR count). The van der Waals surface area contributed by atoms with Crippen LogP contribution in [-0.4, -0.2) is 35.0 Å². The second-order valence-electron chi connectivity index (χ2n) is 6.77. The third-order valence-corrected chi connectivity index (χ3v) is 4.83. The molecule has 0 aromatic rings. The fourth-order valence-corrected chi connectivity index (χ4v) is 3.35. The largest absolute Gasteiger partial charge is 0.395 e. The molecule has 0 amide bonds. The molecule has 1 saturated heterocycles. The first-order valence-corrected chi connectivity index (χ1v) is 9.33. The number of aliphatic hydroxyl groups excluding tert-OH is 2. The number of nitrogens with one attached hydrogen (secondary N) is 1. The van der Waals surface area contributed by atoms with Crippen LogP contribution in [0, 0.1) is 0 Å². The van der Waals surface area contributed by atoms with Crippen LogP contribution >= 0.6 is 0 Å². The van der Waals surface area contributed by atoms with Gasteiger partial charge in [0, 0.05) is 6.04 Å². The van der Waals surface area contributed by atoms with E-state index in [1.165, 1.54) is 70.6 Å². The Morgan fingerprint density at radius 1 is 0.857 bits per heavy atom. The molecule has 3 N–H and O–H groups in total. The normalized spacial score (nSPS) is 26.1. The summed E-state index contributed by atoms with van der Waals surface area (Å²) in [5, 5.41) is 22.3. The van der Waals surface area contributed by atoms with Crippen molar-refractivity contribution in [2.45, 2.75) is 109 Å². The Labute approximate surface area is 131 Å². The van der Waals surface area contributed by atoms with Crippen molar-refractivity contribution in [2.75, 3.05) is 6.61 Å². The van der Waals surface area contributed by atoms with Gasteiger partial charge in [-0.25, -0.2) is 0 Å². The van der Waals surface area contributed by atoms with Gasteiger partial charge in [0.2, 0.25) is 0 Å². The number of hydrogen-bond acceptors (Lipinski definition) is 3. The van der Waals surface area contributed by atoms with Gasteiger partial charge in [0.25, 0.3) is 0 Å². The molecule has 0 saturated carbocycles. The average molecular weight is 299 g/mol. The summed E-state index contributed by atoms with van der Waals surface area (Å²) in [5.41, 5.74) is 0. The summed E-state index contributed by atoms with van der Waals surface area (Å²) in [5.74, 6) is 0. The van der Waals surface area contributed by atoms with Crippen LogP contribution in [0.4, 0.5) is 0 Å². The van der Waals surface area contributed by atoms with E-state index in [4.69, 9.17) is 0 Å². The fraction of sp³-hybridized carbons (Fsp3) is 1.00. The molecule has 0 aromatic heterocycles. The van der Waals surface area contributed by atoms with Crippen LogP contribution in [0.15, 0.2) is 0 Å². The van der Waals surface area contributed by atoms with Crippen molar-refractivity contribution in [3.8, 4) is 0 Å². The molecule has 0 aromatic carbocycles. The van der Waals surface area contributed by atoms with Gasteiger partial charge in [0.05, 0.1) is 18.8 Å². The lowest BCUT2D eigenvalue weighted by molar-refractivity contribution is 0.0482. The van der Waals surface area contributed by atoms with Gasteiger partial charge in [-0.05, 0) is 19.3 Å². The van der Waals surface area contributed by atoms with Gasteiger partial charge in [-0.2, -0.15) is 0 Å². The molecule has 3 unspecified atom stereocenters. The van der Waals surface area contributed by atoms with Crippen LogP contribution in [0.25, 0.3) is 0 Å². The van der Waals surface area contributed by atoms with Crippen LogP contribution < -0.4 is 5.32 Å². The fourth-order valence-electron chi connectivity index (χ4n) is 3.35. The van der Waals surface area contributed by atoms with E-state index in [0.717, 1.165) is 12.8 Å². The summed E-state index contributed by atoms with van der Waals surface area (Å²) >= 11 is 0. The molecule has 21 heavy (non-hydrogen) atoms. The summed E-state index contributed by atoms with van der Waals surface area (Å²) < 4.78 is 0. The average Bonchev–Trinajstić information content (AvgIpc) is 2.50. The van der Waals surface area contributed by atoms with Gasteiger partial charge in [-0.15, -0.1) is 0 Å². The van der Waals surface area contributed by atoms with Crippen molar-refractivity contribution < 1.29 is 10.2 Å². The van der Waals surface area contributed by atoms with Crippen molar-refractivity contribution in [2.24, 2.45) is 0 Å². The molecule has 3 nitrogen and oxygen atoms in total. The summed E-state index contributed by atoms with van der Waals surface area (Å²) in [4.78, 5) is 0. The van der Waals surface area contributed by atoms with Gasteiger partial charge in [0.15, 0.2) is 0 Å². The topological polar surface area (TPSA) is 52.5 Å². The SMILES string of the molecule is CCCCCCCCCCCCC1CCC(O)C(CO)N1. The molecule has 0 bridgehead atoms. The number of hydrogen-bond donors (Lipinski definition) is 3. The smallest absolute Gasteiger partial charge is 0.0716 e. The zero-order chi connectivity index (χ0) is 15.3. The quantitative estimate of drug-likeness (QED) is 0.481. The summed E-state index contributed by atoms with van der Waals surface area (Å²) in [6.45, 7) is 2.32. The van der Waals surface area contributed by atoms with Crippen LogP contribution in [0.5, 0.6) is 0 Å². The third kappa shape index (κ3) is 8.80. The van der Waals surface area contributed by atoms with Crippen molar-refractivity contribution in [1.29, 1.82) is 0 Å². The minimum Gasteiger partial charge on any atom is -0.395 e. The molecular formula is C18H37NO2. The molecule has 1 aliphatic rings. The maximum atomic E-state index is 9.71. The standard InChI is InChI=1S/C18H37NO2/c1-2-3-4-5-6-7-8-9-10-11-12-16-13-14-18(21)17(15-20)19-16/h16-21H,2-15H2,1H3. The molecule has 3 atom stereocenters. The van der Waals surface area contributed by atoms with Gasteiger partial charge >= 0.3 is 0 Å². The van der Waals surface area contributed by atoms with E-state index < -0.39 is 0 Å². The van der Waals surface area contributed by atoms with Crippen molar-refractivity contribution >= 4 is 0 Å². The summed E-state index contributed by atoms with van der Waals surface area (Å²) in [6.07, 6.45) is 16.5. The molecule has 0 spiro atoms. The van der Waals surface area contributed by atoms with Crippen molar-refractivity contribution in [3.63, 3.8) is 0 Å². The molecule has 1 fully saturated rings.